The molecule has 1 aliphatic heterocycles. The van der Waals surface area contributed by atoms with Gasteiger partial charge in [-0.1, -0.05) is 23.8 Å². The Hall–Kier alpha value is -2.49. The van der Waals surface area contributed by atoms with E-state index in [1.165, 1.54) is 5.56 Å². The molecule has 0 saturated carbocycles. The minimum absolute atomic E-state index is 0.00142. The molecule has 26 heavy (non-hydrogen) atoms. The summed E-state index contributed by atoms with van der Waals surface area (Å²) in [5, 5.41) is 3.11. The number of carbonyl (C=O) groups is 1. The smallest absolute Gasteiger partial charge is 0.258 e. The Kier molecular flexibility index (Phi) is 4.94. The van der Waals surface area contributed by atoms with E-state index in [-0.39, 0.29) is 24.2 Å². The molecule has 4 nitrogen and oxygen atoms in total. The van der Waals surface area contributed by atoms with Gasteiger partial charge in [0.25, 0.3) is 5.91 Å². The molecule has 0 bridgehead atoms. The van der Waals surface area contributed by atoms with Gasteiger partial charge in [-0.2, -0.15) is 0 Å². The highest BCUT2D eigenvalue weighted by Gasteiger charge is 2.34. The highest BCUT2D eigenvalue weighted by Crippen LogP contribution is 2.39. The van der Waals surface area contributed by atoms with E-state index < -0.39 is 0 Å². The summed E-state index contributed by atoms with van der Waals surface area (Å²) in [5.74, 6) is 1.43. The van der Waals surface area contributed by atoms with E-state index in [1.54, 1.807) is 0 Å². The number of benzene rings is 2. The number of hydrogen-bond donors (Lipinski definition) is 1. The second kappa shape index (κ2) is 7.02. The maximum atomic E-state index is 12.5. The van der Waals surface area contributed by atoms with Crippen molar-refractivity contribution in [3.8, 4) is 11.5 Å². The number of ether oxygens (including phenoxy) is 2. The van der Waals surface area contributed by atoms with Gasteiger partial charge >= 0.3 is 0 Å². The molecular formula is C22H27NO3. The quantitative estimate of drug-likeness (QED) is 0.886. The van der Waals surface area contributed by atoms with Crippen LogP contribution in [0.2, 0.25) is 0 Å². The molecule has 0 fully saturated rings. The summed E-state index contributed by atoms with van der Waals surface area (Å²) in [7, 11) is 0. The van der Waals surface area contributed by atoms with Crippen LogP contribution in [-0.4, -0.2) is 18.1 Å². The van der Waals surface area contributed by atoms with E-state index in [0.29, 0.717) is 5.75 Å². The van der Waals surface area contributed by atoms with Crippen LogP contribution < -0.4 is 14.8 Å². The summed E-state index contributed by atoms with van der Waals surface area (Å²) in [6.45, 7) is 10.2. The number of fused-ring (bicyclic) bond motifs is 1. The average molecular weight is 353 g/mol. The summed E-state index contributed by atoms with van der Waals surface area (Å²) >= 11 is 0. The van der Waals surface area contributed by atoms with Crippen LogP contribution in [0.15, 0.2) is 36.4 Å². The maximum absolute atomic E-state index is 12.5. The van der Waals surface area contributed by atoms with Gasteiger partial charge in [-0.3, -0.25) is 4.79 Å². The van der Waals surface area contributed by atoms with Gasteiger partial charge in [-0.15, -0.1) is 0 Å². The molecule has 2 aromatic carbocycles. The molecule has 0 saturated heterocycles. The topological polar surface area (TPSA) is 47.6 Å². The third kappa shape index (κ3) is 4.18. The Bertz CT molecular complexity index is 826. The number of nitrogens with one attached hydrogen (secondary N) is 1. The van der Waals surface area contributed by atoms with Crippen LogP contribution in [0, 0.1) is 20.8 Å². The number of hydrogen-bond acceptors (Lipinski definition) is 3. The van der Waals surface area contributed by atoms with Crippen LogP contribution in [0.25, 0.3) is 0 Å². The van der Waals surface area contributed by atoms with E-state index in [2.05, 4.69) is 18.3 Å². The number of carbonyl (C=O) groups excluding carboxylic acids is 1. The van der Waals surface area contributed by atoms with Crippen LogP contribution in [0.5, 0.6) is 11.5 Å². The molecule has 138 valence electrons. The first kappa shape index (κ1) is 18.3. The lowest BCUT2D eigenvalue weighted by Crippen LogP contribution is -2.42. The fourth-order valence-electron chi connectivity index (χ4n) is 3.29. The van der Waals surface area contributed by atoms with E-state index in [0.717, 1.165) is 28.9 Å². The number of amides is 1. The standard InChI is InChI=1S/C22H27NO3/c1-14-6-9-20-18(10-14)19(12-22(4,5)26-20)23-21(24)13-25-17-8-7-15(2)16(3)11-17/h6-11,19H,12-13H2,1-5H3,(H,23,24)/t19-/m1/s1. The fourth-order valence-corrected chi connectivity index (χ4v) is 3.29. The molecule has 1 aliphatic rings. The predicted octanol–water partition coefficient (Wildman–Crippen LogP) is 4.41. The van der Waals surface area contributed by atoms with Gasteiger partial charge in [0.15, 0.2) is 6.61 Å². The molecule has 1 atom stereocenters. The summed E-state index contributed by atoms with van der Waals surface area (Å²) in [4.78, 5) is 12.5. The van der Waals surface area contributed by atoms with Crippen molar-refractivity contribution < 1.29 is 14.3 Å². The van der Waals surface area contributed by atoms with Crippen LogP contribution in [0.4, 0.5) is 0 Å². The third-order valence-corrected chi connectivity index (χ3v) is 4.81. The van der Waals surface area contributed by atoms with E-state index >= 15 is 0 Å². The highest BCUT2D eigenvalue weighted by atomic mass is 16.5. The third-order valence-electron chi connectivity index (χ3n) is 4.81. The zero-order valence-electron chi connectivity index (χ0n) is 16.2. The monoisotopic (exact) mass is 353 g/mol. The van der Waals surface area contributed by atoms with Gasteiger partial charge in [-0.25, -0.2) is 0 Å². The second-order valence-corrected chi connectivity index (χ2v) is 7.76. The first-order valence-corrected chi connectivity index (χ1v) is 9.02. The summed E-state index contributed by atoms with van der Waals surface area (Å²) in [6.07, 6.45) is 0.721. The Labute approximate surface area is 155 Å². The zero-order valence-corrected chi connectivity index (χ0v) is 16.2. The van der Waals surface area contributed by atoms with Crippen molar-refractivity contribution in [2.75, 3.05) is 6.61 Å². The van der Waals surface area contributed by atoms with Crippen molar-refractivity contribution in [1.29, 1.82) is 0 Å². The molecular weight excluding hydrogens is 326 g/mol. The highest BCUT2D eigenvalue weighted by molar-refractivity contribution is 5.78. The SMILES string of the molecule is Cc1ccc2c(c1)[C@H](NC(=O)COc1ccc(C)c(C)c1)CC(C)(C)O2. The molecule has 0 aliphatic carbocycles. The Balaban J connectivity index is 1.68. The lowest BCUT2D eigenvalue weighted by molar-refractivity contribution is -0.124. The van der Waals surface area contributed by atoms with Gasteiger partial charge in [-0.05, 0) is 63.9 Å². The van der Waals surface area contributed by atoms with Gasteiger partial charge in [0, 0.05) is 12.0 Å². The largest absolute Gasteiger partial charge is 0.487 e. The van der Waals surface area contributed by atoms with E-state index in [9.17, 15) is 4.79 Å². The minimum Gasteiger partial charge on any atom is -0.487 e. The van der Waals surface area contributed by atoms with Crippen molar-refractivity contribution in [2.24, 2.45) is 0 Å². The van der Waals surface area contributed by atoms with E-state index in [1.807, 2.05) is 58.0 Å². The normalized spacial score (nSPS) is 17.8. The number of rotatable bonds is 4. The predicted molar refractivity (Wildman–Crippen MR) is 103 cm³/mol. The van der Waals surface area contributed by atoms with Crippen LogP contribution in [-0.2, 0) is 4.79 Å². The molecule has 4 heteroatoms. The Morgan fingerprint density at radius 3 is 2.65 bits per heavy atom. The molecule has 1 N–H and O–H groups in total. The van der Waals surface area contributed by atoms with Crippen LogP contribution >= 0.6 is 0 Å². The lowest BCUT2D eigenvalue weighted by atomic mass is 9.89. The first-order valence-electron chi connectivity index (χ1n) is 9.02. The Morgan fingerprint density at radius 1 is 1.15 bits per heavy atom. The zero-order chi connectivity index (χ0) is 18.9. The summed E-state index contributed by atoms with van der Waals surface area (Å²) < 4.78 is 11.7. The molecule has 0 spiro atoms. The Morgan fingerprint density at radius 2 is 1.92 bits per heavy atom. The molecule has 2 aromatic rings. The van der Waals surface area contributed by atoms with Crippen molar-refractivity contribution in [3.63, 3.8) is 0 Å². The van der Waals surface area contributed by atoms with Crippen molar-refractivity contribution in [3.05, 3.63) is 58.7 Å². The summed E-state index contributed by atoms with van der Waals surface area (Å²) in [5.41, 5.74) is 4.22. The van der Waals surface area contributed by atoms with Gasteiger partial charge in [0.2, 0.25) is 0 Å². The van der Waals surface area contributed by atoms with Crippen molar-refractivity contribution in [2.45, 2.75) is 52.7 Å². The summed E-state index contributed by atoms with van der Waals surface area (Å²) in [6, 6.07) is 11.9. The van der Waals surface area contributed by atoms with E-state index in [4.69, 9.17) is 9.47 Å². The lowest BCUT2D eigenvalue weighted by Gasteiger charge is -2.38. The molecule has 0 unspecified atom stereocenters. The fraction of sp³-hybridized carbons (Fsp3) is 0.409. The first-order chi connectivity index (χ1) is 12.2. The molecule has 0 radical (unpaired) electrons. The van der Waals surface area contributed by atoms with Gasteiger partial charge in [0.05, 0.1) is 6.04 Å². The van der Waals surface area contributed by atoms with Gasteiger partial charge in [0.1, 0.15) is 17.1 Å². The molecule has 1 amide bonds. The van der Waals surface area contributed by atoms with Gasteiger partial charge < -0.3 is 14.8 Å². The van der Waals surface area contributed by atoms with Crippen LogP contribution in [0.3, 0.4) is 0 Å². The molecule has 1 heterocycles. The second-order valence-electron chi connectivity index (χ2n) is 7.76. The minimum atomic E-state index is -0.324. The van der Waals surface area contributed by atoms with Crippen LogP contribution in [0.1, 0.15) is 48.6 Å². The average Bonchev–Trinajstić information content (AvgIpc) is 2.56. The number of aryl methyl sites for hydroxylation is 3. The molecule has 3 rings (SSSR count). The molecule has 0 aromatic heterocycles. The maximum Gasteiger partial charge on any atom is 0.258 e. The van der Waals surface area contributed by atoms with Crippen molar-refractivity contribution in [1.82, 2.24) is 5.32 Å². The van der Waals surface area contributed by atoms with Crippen molar-refractivity contribution >= 4 is 5.91 Å².